The number of nitrogens with one attached hydrogen (secondary N) is 1. The predicted octanol–water partition coefficient (Wildman–Crippen LogP) is 3.23. The quantitative estimate of drug-likeness (QED) is 0.908. The van der Waals surface area contributed by atoms with E-state index in [1.165, 1.54) is 25.7 Å². The highest BCUT2D eigenvalue weighted by atomic mass is 16.1. The lowest BCUT2D eigenvalue weighted by Gasteiger charge is -2.21. The Morgan fingerprint density at radius 1 is 1.32 bits per heavy atom. The second-order valence-corrected chi connectivity index (χ2v) is 8.05. The van der Waals surface area contributed by atoms with Crippen molar-refractivity contribution in [3.63, 3.8) is 0 Å². The summed E-state index contributed by atoms with van der Waals surface area (Å²) >= 11 is 0. The third-order valence-electron chi connectivity index (χ3n) is 4.29. The van der Waals surface area contributed by atoms with Crippen LogP contribution in [-0.2, 0) is 18.5 Å². The predicted molar refractivity (Wildman–Crippen MR) is 91.1 cm³/mol. The SMILES string of the molecule is CC(C)Cn1nc(C(C)(C)C)cc(CNC2CCCC2)c1=O. The van der Waals surface area contributed by atoms with Gasteiger partial charge in [-0.1, -0.05) is 47.5 Å². The van der Waals surface area contributed by atoms with E-state index in [4.69, 9.17) is 0 Å². The molecule has 0 aromatic carbocycles. The van der Waals surface area contributed by atoms with Gasteiger partial charge in [0.2, 0.25) is 0 Å². The van der Waals surface area contributed by atoms with E-state index in [2.05, 4.69) is 45.0 Å². The maximum absolute atomic E-state index is 12.6. The summed E-state index contributed by atoms with van der Waals surface area (Å²) in [6.45, 7) is 12.0. The average molecular weight is 305 g/mol. The van der Waals surface area contributed by atoms with Gasteiger partial charge in [-0.05, 0) is 24.8 Å². The Kier molecular flexibility index (Phi) is 5.43. The van der Waals surface area contributed by atoms with E-state index in [1.54, 1.807) is 4.68 Å². The summed E-state index contributed by atoms with van der Waals surface area (Å²) in [5.74, 6) is 0.413. The fourth-order valence-corrected chi connectivity index (χ4v) is 2.94. The largest absolute Gasteiger partial charge is 0.310 e. The number of hydrogen-bond donors (Lipinski definition) is 1. The van der Waals surface area contributed by atoms with Crippen LogP contribution in [0.5, 0.6) is 0 Å². The number of nitrogens with zero attached hydrogens (tertiary/aromatic N) is 2. The van der Waals surface area contributed by atoms with E-state index < -0.39 is 0 Å². The van der Waals surface area contributed by atoms with Crippen molar-refractivity contribution in [2.45, 2.75) is 84.8 Å². The minimum absolute atomic E-state index is 0.0471. The van der Waals surface area contributed by atoms with Gasteiger partial charge in [-0.3, -0.25) is 4.79 Å². The molecule has 124 valence electrons. The maximum Gasteiger partial charge on any atom is 0.271 e. The van der Waals surface area contributed by atoms with Crippen LogP contribution >= 0.6 is 0 Å². The minimum atomic E-state index is -0.0471. The molecule has 0 amide bonds. The minimum Gasteiger partial charge on any atom is -0.310 e. The van der Waals surface area contributed by atoms with Gasteiger partial charge < -0.3 is 5.32 Å². The zero-order valence-corrected chi connectivity index (χ0v) is 14.8. The smallest absolute Gasteiger partial charge is 0.271 e. The first-order chi connectivity index (χ1) is 10.3. The molecule has 0 bridgehead atoms. The van der Waals surface area contributed by atoms with Crippen LogP contribution in [-0.4, -0.2) is 15.8 Å². The molecular formula is C18H31N3O. The molecule has 4 heteroatoms. The Labute approximate surface area is 134 Å². The van der Waals surface area contributed by atoms with Crippen molar-refractivity contribution >= 4 is 0 Å². The molecule has 0 saturated heterocycles. The molecule has 1 aromatic heterocycles. The van der Waals surface area contributed by atoms with Crippen molar-refractivity contribution in [1.29, 1.82) is 0 Å². The highest BCUT2D eigenvalue weighted by molar-refractivity contribution is 5.19. The fraction of sp³-hybridized carbons (Fsp3) is 0.778. The van der Waals surface area contributed by atoms with E-state index in [0.717, 1.165) is 11.3 Å². The lowest BCUT2D eigenvalue weighted by atomic mass is 9.91. The molecule has 0 radical (unpaired) electrons. The van der Waals surface area contributed by atoms with Gasteiger partial charge in [0.05, 0.1) is 5.69 Å². The van der Waals surface area contributed by atoms with Crippen LogP contribution in [0.15, 0.2) is 10.9 Å². The molecule has 4 nitrogen and oxygen atoms in total. The van der Waals surface area contributed by atoms with E-state index in [1.807, 2.05) is 6.07 Å². The Balaban J connectivity index is 2.27. The van der Waals surface area contributed by atoms with E-state index in [0.29, 0.717) is 25.0 Å². The Hall–Kier alpha value is -1.16. The molecule has 1 heterocycles. The number of rotatable bonds is 5. The molecule has 22 heavy (non-hydrogen) atoms. The van der Waals surface area contributed by atoms with Crippen molar-refractivity contribution in [2.75, 3.05) is 0 Å². The first-order valence-electron chi connectivity index (χ1n) is 8.62. The third kappa shape index (κ3) is 4.42. The van der Waals surface area contributed by atoms with Crippen LogP contribution in [0.4, 0.5) is 0 Å². The van der Waals surface area contributed by atoms with Crippen molar-refractivity contribution in [1.82, 2.24) is 15.1 Å². The second-order valence-electron chi connectivity index (χ2n) is 8.05. The van der Waals surface area contributed by atoms with Crippen molar-refractivity contribution in [3.05, 3.63) is 27.7 Å². The monoisotopic (exact) mass is 305 g/mol. The zero-order valence-electron chi connectivity index (χ0n) is 14.8. The third-order valence-corrected chi connectivity index (χ3v) is 4.29. The molecular weight excluding hydrogens is 274 g/mol. The normalized spacial score (nSPS) is 16.6. The van der Waals surface area contributed by atoms with Crippen LogP contribution in [0.1, 0.15) is 71.6 Å². The molecule has 0 spiro atoms. The van der Waals surface area contributed by atoms with Crippen molar-refractivity contribution in [3.8, 4) is 0 Å². The van der Waals surface area contributed by atoms with Crippen LogP contribution < -0.4 is 10.9 Å². The first-order valence-corrected chi connectivity index (χ1v) is 8.62. The Bertz CT molecular complexity index is 548. The topological polar surface area (TPSA) is 46.9 Å². The zero-order chi connectivity index (χ0) is 16.3. The summed E-state index contributed by atoms with van der Waals surface area (Å²) in [5.41, 5.74) is 1.87. The average Bonchev–Trinajstić information content (AvgIpc) is 2.91. The van der Waals surface area contributed by atoms with Crippen LogP contribution in [0.2, 0.25) is 0 Å². The second kappa shape index (κ2) is 6.95. The van der Waals surface area contributed by atoms with Gasteiger partial charge in [0.1, 0.15) is 0 Å². The highest BCUT2D eigenvalue weighted by Crippen LogP contribution is 2.21. The summed E-state index contributed by atoms with van der Waals surface area (Å²) in [4.78, 5) is 12.6. The van der Waals surface area contributed by atoms with Gasteiger partial charge in [-0.25, -0.2) is 4.68 Å². The Morgan fingerprint density at radius 3 is 2.50 bits per heavy atom. The maximum atomic E-state index is 12.6. The van der Waals surface area contributed by atoms with Crippen LogP contribution in [0.3, 0.4) is 0 Å². The van der Waals surface area contributed by atoms with E-state index >= 15 is 0 Å². The molecule has 0 atom stereocenters. The van der Waals surface area contributed by atoms with Gasteiger partial charge in [0.25, 0.3) is 5.56 Å². The summed E-state index contributed by atoms with van der Waals surface area (Å²) < 4.78 is 1.66. The van der Waals surface area contributed by atoms with Crippen LogP contribution in [0, 0.1) is 5.92 Å². The summed E-state index contributed by atoms with van der Waals surface area (Å²) in [6, 6.07) is 2.57. The molecule has 1 saturated carbocycles. The summed E-state index contributed by atoms with van der Waals surface area (Å²) in [7, 11) is 0. The van der Waals surface area contributed by atoms with Gasteiger partial charge in [0, 0.05) is 30.1 Å². The van der Waals surface area contributed by atoms with Crippen molar-refractivity contribution < 1.29 is 0 Å². The molecule has 1 N–H and O–H groups in total. The molecule has 1 aliphatic carbocycles. The Morgan fingerprint density at radius 2 is 1.95 bits per heavy atom. The van der Waals surface area contributed by atoms with Gasteiger partial charge in [-0.2, -0.15) is 5.10 Å². The standard InChI is InChI=1S/C18H31N3O/c1-13(2)12-21-17(22)14(10-16(20-21)18(3,4)5)11-19-15-8-6-7-9-15/h10,13,15,19H,6-9,11-12H2,1-5H3. The fourth-order valence-electron chi connectivity index (χ4n) is 2.94. The molecule has 1 aromatic rings. The molecule has 1 aliphatic rings. The summed E-state index contributed by atoms with van der Waals surface area (Å²) in [5, 5.41) is 8.16. The molecule has 1 fully saturated rings. The molecule has 0 aliphatic heterocycles. The summed E-state index contributed by atoms with van der Waals surface area (Å²) in [6.07, 6.45) is 5.08. The lowest BCUT2D eigenvalue weighted by molar-refractivity contribution is 0.431. The first kappa shape index (κ1) is 17.2. The lowest BCUT2D eigenvalue weighted by Crippen LogP contribution is -2.35. The highest BCUT2D eigenvalue weighted by Gasteiger charge is 2.21. The van der Waals surface area contributed by atoms with Gasteiger partial charge in [0.15, 0.2) is 0 Å². The molecule has 0 unspecified atom stereocenters. The van der Waals surface area contributed by atoms with Crippen LogP contribution in [0.25, 0.3) is 0 Å². The van der Waals surface area contributed by atoms with Crippen molar-refractivity contribution in [2.24, 2.45) is 5.92 Å². The number of hydrogen-bond acceptors (Lipinski definition) is 3. The van der Waals surface area contributed by atoms with Gasteiger partial charge >= 0.3 is 0 Å². The number of aromatic nitrogens is 2. The van der Waals surface area contributed by atoms with E-state index in [9.17, 15) is 4.79 Å². The van der Waals surface area contributed by atoms with E-state index in [-0.39, 0.29) is 11.0 Å². The molecule has 2 rings (SSSR count). The van der Waals surface area contributed by atoms with Gasteiger partial charge in [-0.15, -0.1) is 0 Å².